The van der Waals surface area contributed by atoms with Crippen LogP contribution in [0.3, 0.4) is 0 Å². The summed E-state index contributed by atoms with van der Waals surface area (Å²) in [6.07, 6.45) is -0.796. The van der Waals surface area contributed by atoms with Crippen LogP contribution in [-0.2, 0) is 4.79 Å². The first-order valence-electron chi connectivity index (χ1n) is 6.10. The van der Waals surface area contributed by atoms with Crippen molar-refractivity contribution >= 4 is 23.5 Å². The Bertz CT molecular complexity index is 686. The number of hydrogen-bond acceptors (Lipinski definition) is 3. The van der Waals surface area contributed by atoms with E-state index in [1.807, 2.05) is 0 Å². The van der Waals surface area contributed by atoms with Crippen molar-refractivity contribution in [2.24, 2.45) is 0 Å². The third kappa shape index (κ3) is 4.08. The summed E-state index contributed by atoms with van der Waals surface area (Å²) in [5.41, 5.74) is 0.599. The van der Waals surface area contributed by atoms with Gasteiger partial charge in [0.05, 0.1) is 6.26 Å². The molecule has 0 spiro atoms. The van der Waals surface area contributed by atoms with Crippen LogP contribution in [0.25, 0.3) is 6.08 Å². The molecule has 1 aromatic carbocycles. The van der Waals surface area contributed by atoms with Gasteiger partial charge in [-0.3, -0.25) is 9.59 Å². The molecule has 0 unspecified atom stereocenters. The van der Waals surface area contributed by atoms with Crippen LogP contribution >= 0.6 is 0 Å². The minimum absolute atomic E-state index is 0.0110. The third-order valence-electron chi connectivity index (χ3n) is 2.62. The number of carbonyl (C=O) groups is 2. The van der Waals surface area contributed by atoms with Gasteiger partial charge in [-0.15, -0.1) is 0 Å². The van der Waals surface area contributed by atoms with Gasteiger partial charge in [0, 0.05) is 5.69 Å². The minimum Gasteiger partial charge on any atom is -0.461 e. The summed E-state index contributed by atoms with van der Waals surface area (Å²) in [7, 11) is 0. The summed E-state index contributed by atoms with van der Waals surface area (Å²) >= 11 is 0. The van der Waals surface area contributed by atoms with Gasteiger partial charge >= 0.3 is 12.1 Å². The van der Waals surface area contributed by atoms with E-state index in [-0.39, 0.29) is 17.2 Å². The standard InChI is InChI=1S/C15H10F3NO3/c16-15(17,18)14(21)19-11-6-3-10(4-7-11)5-8-12(20)13-2-1-9-22-13/h1-9H,(H,19,21). The maximum Gasteiger partial charge on any atom is 0.471 e. The van der Waals surface area contributed by atoms with Crippen LogP contribution in [0.15, 0.2) is 53.2 Å². The number of allylic oxidation sites excluding steroid dienone is 1. The van der Waals surface area contributed by atoms with E-state index in [9.17, 15) is 22.8 Å². The Morgan fingerprint density at radius 2 is 1.77 bits per heavy atom. The van der Waals surface area contributed by atoms with E-state index in [1.165, 1.54) is 48.7 Å². The quantitative estimate of drug-likeness (QED) is 0.692. The molecule has 1 amide bonds. The summed E-state index contributed by atoms with van der Waals surface area (Å²) in [6, 6.07) is 8.65. The van der Waals surface area contributed by atoms with E-state index in [2.05, 4.69) is 0 Å². The molecule has 0 saturated heterocycles. The summed E-state index contributed by atoms with van der Waals surface area (Å²) in [6.45, 7) is 0. The third-order valence-corrected chi connectivity index (χ3v) is 2.62. The van der Waals surface area contributed by atoms with Crippen LogP contribution in [0.5, 0.6) is 0 Å². The van der Waals surface area contributed by atoms with Gasteiger partial charge in [0.2, 0.25) is 5.78 Å². The maximum atomic E-state index is 12.1. The number of anilines is 1. The highest BCUT2D eigenvalue weighted by Crippen LogP contribution is 2.18. The van der Waals surface area contributed by atoms with E-state index in [4.69, 9.17) is 4.42 Å². The summed E-state index contributed by atoms with van der Waals surface area (Å²) in [4.78, 5) is 22.4. The Balaban J connectivity index is 2.00. The molecule has 1 aromatic heterocycles. The Kier molecular flexibility index (Phi) is 4.45. The summed E-state index contributed by atoms with van der Waals surface area (Å²) in [5, 5.41) is 1.73. The van der Waals surface area contributed by atoms with Gasteiger partial charge in [-0.05, 0) is 35.9 Å². The minimum atomic E-state index is -4.94. The Morgan fingerprint density at radius 1 is 1.09 bits per heavy atom. The molecular weight excluding hydrogens is 299 g/mol. The number of benzene rings is 1. The molecule has 0 radical (unpaired) electrons. The van der Waals surface area contributed by atoms with Crippen molar-refractivity contribution in [3.05, 3.63) is 60.1 Å². The normalized spacial score (nSPS) is 11.6. The van der Waals surface area contributed by atoms with Gasteiger partial charge < -0.3 is 9.73 Å². The molecular formula is C15H10F3NO3. The monoisotopic (exact) mass is 309 g/mol. The Hall–Kier alpha value is -2.83. The molecule has 0 aliphatic heterocycles. The fourth-order valence-electron chi connectivity index (χ4n) is 1.55. The average Bonchev–Trinajstić information content (AvgIpc) is 2.99. The van der Waals surface area contributed by atoms with Crippen molar-refractivity contribution in [2.45, 2.75) is 6.18 Å². The smallest absolute Gasteiger partial charge is 0.461 e. The molecule has 0 fully saturated rings. The molecule has 1 N–H and O–H groups in total. The summed E-state index contributed by atoms with van der Waals surface area (Å²) < 4.78 is 41.2. The Morgan fingerprint density at radius 3 is 2.32 bits per heavy atom. The number of hydrogen-bond donors (Lipinski definition) is 1. The first-order chi connectivity index (χ1) is 10.4. The number of alkyl halides is 3. The number of rotatable bonds is 4. The van der Waals surface area contributed by atoms with Gasteiger partial charge in [0.1, 0.15) is 0 Å². The lowest BCUT2D eigenvalue weighted by molar-refractivity contribution is -0.167. The number of halogens is 3. The second-order valence-electron chi connectivity index (χ2n) is 4.25. The van der Waals surface area contributed by atoms with Crippen LogP contribution in [0, 0.1) is 0 Å². The second kappa shape index (κ2) is 6.30. The number of ketones is 1. The zero-order valence-corrected chi connectivity index (χ0v) is 11.1. The van der Waals surface area contributed by atoms with E-state index in [0.29, 0.717) is 5.56 Å². The number of nitrogens with one attached hydrogen (secondary N) is 1. The fraction of sp³-hybridized carbons (Fsp3) is 0.0667. The number of furan rings is 1. The fourth-order valence-corrected chi connectivity index (χ4v) is 1.55. The molecule has 0 atom stereocenters. The van der Waals surface area contributed by atoms with Crippen molar-refractivity contribution in [3.8, 4) is 0 Å². The van der Waals surface area contributed by atoms with Crippen LogP contribution in [0.2, 0.25) is 0 Å². The van der Waals surface area contributed by atoms with Crippen molar-refractivity contribution in [1.29, 1.82) is 0 Å². The highest BCUT2D eigenvalue weighted by atomic mass is 19.4. The Labute approximate surface area is 123 Å². The molecule has 114 valence electrons. The molecule has 4 nitrogen and oxygen atoms in total. The van der Waals surface area contributed by atoms with Crippen molar-refractivity contribution < 1.29 is 27.2 Å². The molecule has 1 heterocycles. The van der Waals surface area contributed by atoms with Crippen molar-refractivity contribution in [1.82, 2.24) is 0 Å². The zero-order valence-electron chi connectivity index (χ0n) is 11.1. The average molecular weight is 309 g/mol. The number of amides is 1. The molecule has 0 aliphatic carbocycles. The van der Waals surface area contributed by atoms with Crippen molar-refractivity contribution in [2.75, 3.05) is 5.32 Å². The molecule has 7 heteroatoms. The molecule has 2 rings (SSSR count). The first-order valence-corrected chi connectivity index (χ1v) is 6.10. The lowest BCUT2D eigenvalue weighted by atomic mass is 10.1. The molecule has 0 aliphatic rings. The van der Waals surface area contributed by atoms with Gasteiger partial charge in [-0.1, -0.05) is 18.2 Å². The first kappa shape index (κ1) is 15.6. The maximum absolute atomic E-state index is 12.1. The molecule has 22 heavy (non-hydrogen) atoms. The van der Waals surface area contributed by atoms with Crippen LogP contribution in [-0.4, -0.2) is 17.9 Å². The van der Waals surface area contributed by atoms with Crippen LogP contribution in [0.4, 0.5) is 18.9 Å². The highest BCUT2D eigenvalue weighted by Gasteiger charge is 2.38. The van der Waals surface area contributed by atoms with E-state index < -0.39 is 12.1 Å². The van der Waals surface area contributed by atoms with Gasteiger partial charge in [0.25, 0.3) is 0 Å². The van der Waals surface area contributed by atoms with Gasteiger partial charge in [-0.2, -0.15) is 13.2 Å². The van der Waals surface area contributed by atoms with Gasteiger partial charge in [-0.25, -0.2) is 0 Å². The zero-order chi connectivity index (χ0) is 16.2. The SMILES string of the molecule is O=C(C=Cc1ccc(NC(=O)C(F)(F)F)cc1)c1ccco1. The topological polar surface area (TPSA) is 59.3 Å². The predicted octanol–water partition coefficient (Wildman–Crippen LogP) is 3.68. The van der Waals surface area contributed by atoms with E-state index >= 15 is 0 Å². The van der Waals surface area contributed by atoms with Gasteiger partial charge in [0.15, 0.2) is 5.76 Å². The summed E-state index contributed by atoms with van der Waals surface area (Å²) in [5.74, 6) is -2.19. The van der Waals surface area contributed by atoms with Crippen molar-refractivity contribution in [3.63, 3.8) is 0 Å². The predicted molar refractivity (Wildman–Crippen MR) is 73.2 cm³/mol. The van der Waals surface area contributed by atoms with Crippen LogP contribution < -0.4 is 5.32 Å². The second-order valence-corrected chi connectivity index (χ2v) is 4.25. The lowest BCUT2D eigenvalue weighted by Gasteiger charge is -2.07. The molecule has 2 aromatic rings. The van der Waals surface area contributed by atoms with E-state index in [0.717, 1.165) is 0 Å². The number of carbonyl (C=O) groups excluding carboxylic acids is 2. The molecule has 0 bridgehead atoms. The molecule has 0 saturated carbocycles. The lowest BCUT2D eigenvalue weighted by Crippen LogP contribution is -2.29. The largest absolute Gasteiger partial charge is 0.471 e. The van der Waals surface area contributed by atoms with E-state index in [1.54, 1.807) is 11.4 Å². The highest BCUT2D eigenvalue weighted by molar-refractivity contribution is 6.04. The van der Waals surface area contributed by atoms with Crippen LogP contribution in [0.1, 0.15) is 16.1 Å².